The number of rotatable bonds is 6. The predicted octanol–water partition coefficient (Wildman–Crippen LogP) is 1.97. The lowest BCUT2D eigenvalue weighted by atomic mass is 9.94. The second-order valence-corrected chi connectivity index (χ2v) is 4.09. The molecule has 0 amide bonds. The maximum Gasteiger partial charge on any atom is 0.0743 e. The lowest BCUT2D eigenvalue weighted by molar-refractivity contribution is 0.0929. The Balaban J connectivity index is 3.69. The summed E-state index contributed by atoms with van der Waals surface area (Å²) in [5.41, 5.74) is 0. The molecule has 0 rings (SSSR count). The normalized spacial score (nSPS) is 18.3. The van der Waals surface area contributed by atoms with Gasteiger partial charge in [-0.05, 0) is 24.7 Å². The third kappa shape index (κ3) is 5.06. The summed E-state index contributed by atoms with van der Waals surface area (Å²) in [5.74, 6) is 0.485. The van der Waals surface area contributed by atoms with E-state index in [-0.39, 0.29) is 12.0 Å². The Bertz CT molecular complexity index is 143. The largest absolute Gasteiger partial charge is 0.393 e. The first-order valence-electron chi connectivity index (χ1n) is 4.97. The maximum atomic E-state index is 9.52. The van der Waals surface area contributed by atoms with Crippen molar-refractivity contribution in [3.8, 4) is 0 Å². The zero-order chi connectivity index (χ0) is 10.4. The summed E-state index contributed by atoms with van der Waals surface area (Å²) in [5, 5.41) is 18.9. The second-order valence-electron chi connectivity index (χ2n) is 4.09. The van der Waals surface area contributed by atoms with Gasteiger partial charge in [-0.25, -0.2) is 0 Å². The van der Waals surface area contributed by atoms with Crippen LogP contribution in [0.2, 0.25) is 0 Å². The van der Waals surface area contributed by atoms with Gasteiger partial charge in [0.2, 0.25) is 0 Å². The van der Waals surface area contributed by atoms with Crippen LogP contribution in [0.1, 0.15) is 33.6 Å². The first-order valence-corrected chi connectivity index (χ1v) is 4.97. The molecule has 0 saturated heterocycles. The molecule has 0 aliphatic heterocycles. The van der Waals surface area contributed by atoms with E-state index in [1.165, 1.54) is 0 Å². The molecular formula is C11H22O2. The first kappa shape index (κ1) is 12.7. The third-order valence-corrected chi connectivity index (χ3v) is 2.51. The smallest absolute Gasteiger partial charge is 0.0743 e. The van der Waals surface area contributed by atoms with Crippen molar-refractivity contribution in [1.29, 1.82) is 0 Å². The average Bonchev–Trinajstić information content (AvgIpc) is 2.11. The van der Waals surface area contributed by atoms with E-state index >= 15 is 0 Å². The highest BCUT2D eigenvalue weighted by Crippen LogP contribution is 2.16. The van der Waals surface area contributed by atoms with E-state index < -0.39 is 6.10 Å². The van der Waals surface area contributed by atoms with Crippen LogP contribution in [0.4, 0.5) is 0 Å². The van der Waals surface area contributed by atoms with Gasteiger partial charge in [-0.15, -0.1) is 6.58 Å². The third-order valence-electron chi connectivity index (χ3n) is 2.51. The second kappa shape index (κ2) is 6.17. The molecule has 0 aliphatic rings. The van der Waals surface area contributed by atoms with Crippen molar-refractivity contribution in [3.63, 3.8) is 0 Å². The highest BCUT2D eigenvalue weighted by molar-refractivity contribution is 4.82. The summed E-state index contributed by atoms with van der Waals surface area (Å²) >= 11 is 0. The fourth-order valence-electron chi connectivity index (χ4n) is 1.17. The van der Waals surface area contributed by atoms with Crippen molar-refractivity contribution in [2.24, 2.45) is 11.8 Å². The molecule has 0 heterocycles. The Morgan fingerprint density at radius 1 is 1.15 bits per heavy atom. The van der Waals surface area contributed by atoms with Gasteiger partial charge in [0.25, 0.3) is 0 Å². The molecule has 3 unspecified atom stereocenters. The molecule has 0 fully saturated rings. The summed E-state index contributed by atoms with van der Waals surface area (Å²) in [6.07, 6.45) is 2.45. The van der Waals surface area contributed by atoms with Crippen molar-refractivity contribution >= 4 is 0 Å². The summed E-state index contributed by atoms with van der Waals surface area (Å²) < 4.78 is 0. The monoisotopic (exact) mass is 186 g/mol. The van der Waals surface area contributed by atoms with Gasteiger partial charge in [0.05, 0.1) is 12.2 Å². The van der Waals surface area contributed by atoms with Crippen LogP contribution < -0.4 is 0 Å². The fraction of sp³-hybridized carbons (Fsp3) is 0.818. The van der Waals surface area contributed by atoms with Gasteiger partial charge in [0, 0.05) is 0 Å². The van der Waals surface area contributed by atoms with E-state index in [2.05, 4.69) is 6.58 Å². The van der Waals surface area contributed by atoms with Crippen LogP contribution in [-0.2, 0) is 0 Å². The van der Waals surface area contributed by atoms with Gasteiger partial charge in [-0.1, -0.05) is 26.8 Å². The van der Waals surface area contributed by atoms with Crippen molar-refractivity contribution in [1.82, 2.24) is 0 Å². The Hall–Kier alpha value is -0.340. The van der Waals surface area contributed by atoms with Crippen LogP contribution in [-0.4, -0.2) is 22.4 Å². The topological polar surface area (TPSA) is 40.5 Å². The minimum atomic E-state index is -0.445. The van der Waals surface area contributed by atoms with E-state index in [0.29, 0.717) is 5.92 Å². The highest BCUT2D eigenvalue weighted by atomic mass is 16.3. The van der Waals surface area contributed by atoms with Crippen molar-refractivity contribution in [3.05, 3.63) is 12.7 Å². The van der Waals surface area contributed by atoms with Crippen molar-refractivity contribution in [2.45, 2.75) is 45.8 Å². The van der Waals surface area contributed by atoms with Gasteiger partial charge in [0.1, 0.15) is 0 Å². The number of aliphatic hydroxyl groups excluding tert-OH is 2. The van der Waals surface area contributed by atoms with Gasteiger partial charge in [-0.3, -0.25) is 0 Å². The van der Waals surface area contributed by atoms with Crippen LogP contribution >= 0.6 is 0 Å². The van der Waals surface area contributed by atoms with Crippen molar-refractivity contribution in [2.75, 3.05) is 0 Å². The maximum absolute atomic E-state index is 9.52. The molecule has 78 valence electrons. The molecule has 0 aliphatic carbocycles. The summed E-state index contributed by atoms with van der Waals surface area (Å²) in [7, 11) is 0. The van der Waals surface area contributed by atoms with Crippen LogP contribution in [0.25, 0.3) is 0 Å². The van der Waals surface area contributed by atoms with E-state index in [9.17, 15) is 10.2 Å². The van der Waals surface area contributed by atoms with Crippen LogP contribution in [0.3, 0.4) is 0 Å². The minimum absolute atomic E-state index is 0.186. The molecule has 2 N–H and O–H groups in total. The summed E-state index contributed by atoms with van der Waals surface area (Å²) in [4.78, 5) is 0. The van der Waals surface area contributed by atoms with E-state index in [1.54, 1.807) is 6.08 Å². The van der Waals surface area contributed by atoms with Crippen LogP contribution in [0.5, 0.6) is 0 Å². The van der Waals surface area contributed by atoms with E-state index in [4.69, 9.17) is 0 Å². The molecule has 0 bridgehead atoms. The number of hydrogen-bond acceptors (Lipinski definition) is 2. The molecule has 0 saturated carbocycles. The van der Waals surface area contributed by atoms with Gasteiger partial charge < -0.3 is 10.2 Å². The predicted molar refractivity (Wildman–Crippen MR) is 55.4 cm³/mol. The van der Waals surface area contributed by atoms with Gasteiger partial charge in [-0.2, -0.15) is 0 Å². The van der Waals surface area contributed by atoms with Gasteiger partial charge in [0.15, 0.2) is 0 Å². The highest BCUT2D eigenvalue weighted by Gasteiger charge is 2.14. The standard InChI is InChI=1S/C11H22O2/c1-5-10(12)9(4)6-7-11(13)8(2)3/h5,8-13H,1,6-7H2,2-4H3. The Kier molecular flexibility index (Phi) is 6.00. The molecule has 0 aromatic rings. The fourth-order valence-corrected chi connectivity index (χ4v) is 1.17. The van der Waals surface area contributed by atoms with Crippen LogP contribution in [0.15, 0.2) is 12.7 Å². The lowest BCUT2D eigenvalue weighted by Gasteiger charge is -2.19. The number of aliphatic hydroxyl groups is 2. The zero-order valence-electron chi connectivity index (χ0n) is 8.90. The average molecular weight is 186 g/mol. The molecule has 2 heteroatoms. The Labute approximate surface area is 81.3 Å². The molecule has 0 spiro atoms. The van der Waals surface area contributed by atoms with E-state index in [1.807, 2.05) is 20.8 Å². The first-order chi connectivity index (χ1) is 5.99. The molecular weight excluding hydrogens is 164 g/mol. The summed E-state index contributed by atoms with van der Waals surface area (Å²) in [6.45, 7) is 9.50. The summed E-state index contributed by atoms with van der Waals surface area (Å²) in [6, 6.07) is 0. The number of hydrogen-bond donors (Lipinski definition) is 2. The quantitative estimate of drug-likeness (QED) is 0.623. The molecule has 0 aromatic heterocycles. The lowest BCUT2D eigenvalue weighted by Crippen LogP contribution is -2.20. The Morgan fingerprint density at radius 2 is 1.69 bits per heavy atom. The zero-order valence-corrected chi connectivity index (χ0v) is 8.90. The molecule has 2 nitrogen and oxygen atoms in total. The SMILES string of the molecule is C=CC(O)C(C)CCC(O)C(C)C. The Morgan fingerprint density at radius 3 is 2.08 bits per heavy atom. The molecule has 3 atom stereocenters. The molecule has 0 radical (unpaired) electrons. The minimum Gasteiger partial charge on any atom is -0.393 e. The van der Waals surface area contributed by atoms with E-state index in [0.717, 1.165) is 12.8 Å². The molecule has 0 aromatic carbocycles. The molecule has 13 heavy (non-hydrogen) atoms. The van der Waals surface area contributed by atoms with Gasteiger partial charge >= 0.3 is 0 Å². The van der Waals surface area contributed by atoms with Crippen LogP contribution in [0, 0.1) is 11.8 Å². The van der Waals surface area contributed by atoms with Crippen molar-refractivity contribution < 1.29 is 10.2 Å².